The first kappa shape index (κ1) is 12.4. The molecule has 0 aliphatic carbocycles. The summed E-state index contributed by atoms with van der Waals surface area (Å²) in [5.41, 5.74) is 0.0575. The number of rotatable bonds is 1. The highest BCUT2D eigenvalue weighted by atomic mass is 32.1. The predicted molar refractivity (Wildman–Crippen MR) is 75.3 cm³/mol. The van der Waals surface area contributed by atoms with Crippen molar-refractivity contribution in [1.29, 1.82) is 0 Å². The molecule has 2 unspecified atom stereocenters. The van der Waals surface area contributed by atoms with Crippen LogP contribution >= 0.6 is 11.5 Å². The van der Waals surface area contributed by atoms with E-state index in [1.165, 1.54) is 19.4 Å². The molecule has 18 heavy (non-hydrogen) atoms. The maximum Gasteiger partial charge on any atom is 0.205 e. The van der Waals surface area contributed by atoms with Crippen LogP contribution in [0, 0.1) is 5.92 Å². The summed E-state index contributed by atoms with van der Waals surface area (Å²) in [6.07, 6.45) is 2.56. The van der Waals surface area contributed by atoms with Gasteiger partial charge < -0.3 is 10.2 Å². The van der Waals surface area contributed by atoms with Gasteiger partial charge in [-0.25, -0.2) is 4.98 Å². The molecule has 100 valence electrons. The fourth-order valence-corrected chi connectivity index (χ4v) is 3.76. The fourth-order valence-electron chi connectivity index (χ4n) is 2.87. The number of hydrogen-bond acceptors (Lipinski definition) is 5. The zero-order valence-corrected chi connectivity index (χ0v) is 12.3. The number of piperidine rings is 1. The van der Waals surface area contributed by atoms with Gasteiger partial charge in [-0.3, -0.25) is 0 Å². The third-order valence-corrected chi connectivity index (χ3v) is 4.79. The van der Waals surface area contributed by atoms with Gasteiger partial charge in [-0.1, -0.05) is 20.8 Å². The second kappa shape index (κ2) is 4.46. The minimum absolute atomic E-state index is 0.0575. The van der Waals surface area contributed by atoms with Crippen LogP contribution in [0.5, 0.6) is 0 Å². The van der Waals surface area contributed by atoms with Crippen molar-refractivity contribution in [3.8, 4) is 0 Å². The normalized spacial score (nSPS) is 28.5. The van der Waals surface area contributed by atoms with Crippen LogP contribution in [0.2, 0.25) is 0 Å². The van der Waals surface area contributed by atoms with Crippen molar-refractivity contribution < 1.29 is 0 Å². The molecule has 2 fully saturated rings. The number of anilines is 1. The summed E-state index contributed by atoms with van der Waals surface area (Å²) in [4.78, 5) is 7.16. The van der Waals surface area contributed by atoms with E-state index in [-0.39, 0.29) is 5.41 Å². The summed E-state index contributed by atoms with van der Waals surface area (Å²) in [6.45, 7) is 9.97. The standard InChI is InChI=1S/C13H22N4S/c1-13(2,3)11-15-12(18-16-11)17-7-5-10-9(8-17)4-6-14-10/h9-10,14H,4-8H2,1-3H3. The quantitative estimate of drug-likeness (QED) is 0.844. The molecule has 1 N–H and O–H groups in total. The Morgan fingerprint density at radius 1 is 1.33 bits per heavy atom. The first-order valence-electron chi connectivity index (χ1n) is 6.86. The number of nitrogens with zero attached hydrogens (tertiary/aromatic N) is 3. The monoisotopic (exact) mass is 266 g/mol. The van der Waals surface area contributed by atoms with Crippen LogP contribution in [0.15, 0.2) is 0 Å². The van der Waals surface area contributed by atoms with Gasteiger partial charge in [0.05, 0.1) is 0 Å². The van der Waals surface area contributed by atoms with Gasteiger partial charge in [0.2, 0.25) is 5.13 Å². The van der Waals surface area contributed by atoms with Gasteiger partial charge in [0.15, 0.2) is 0 Å². The molecule has 2 atom stereocenters. The van der Waals surface area contributed by atoms with E-state index in [9.17, 15) is 0 Å². The van der Waals surface area contributed by atoms with E-state index in [1.54, 1.807) is 11.5 Å². The average molecular weight is 266 g/mol. The van der Waals surface area contributed by atoms with Gasteiger partial charge in [0, 0.05) is 36.1 Å². The van der Waals surface area contributed by atoms with Crippen LogP contribution in [0.4, 0.5) is 5.13 Å². The van der Waals surface area contributed by atoms with Crippen molar-refractivity contribution in [3.05, 3.63) is 5.82 Å². The maximum atomic E-state index is 4.73. The Kier molecular flexibility index (Phi) is 3.06. The topological polar surface area (TPSA) is 41.1 Å². The first-order valence-corrected chi connectivity index (χ1v) is 7.64. The van der Waals surface area contributed by atoms with Crippen LogP contribution in [0.1, 0.15) is 39.4 Å². The van der Waals surface area contributed by atoms with Crippen LogP contribution in [-0.2, 0) is 5.41 Å². The van der Waals surface area contributed by atoms with Gasteiger partial charge in [0.25, 0.3) is 0 Å². The largest absolute Gasteiger partial charge is 0.346 e. The molecule has 5 heteroatoms. The molecule has 3 heterocycles. The van der Waals surface area contributed by atoms with Crippen molar-refractivity contribution in [2.75, 3.05) is 24.5 Å². The molecule has 0 saturated carbocycles. The minimum atomic E-state index is 0.0575. The van der Waals surface area contributed by atoms with E-state index in [2.05, 4.69) is 35.4 Å². The Hall–Kier alpha value is -0.680. The molecule has 1 aromatic rings. The Bertz CT molecular complexity index is 423. The van der Waals surface area contributed by atoms with E-state index >= 15 is 0 Å². The van der Waals surface area contributed by atoms with Gasteiger partial charge in [0.1, 0.15) is 5.82 Å². The van der Waals surface area contributed by atoms with Crippen molar-refractivity contribution in [1.82, 2.24) is 14.7 Å². The third kappa shape index (κ3) is 2.26. The van der Waals surface area contributed by atoms with Crippen molar-refractivity contribution in [2.24, 2.45) is 5.92 Å². The summed E-state index contributed by atoms with van der Waals surface area (Å²) < 4.78 is 4.52. The predicted octanol–water partition coefficient (Wildman–Crippen LogP) is 2.02. The summed E-state index contributed by atoms with van der Waals surface area (Å²) in [5.74, 6) is 1.79. The zero-order chi connectivity index (χ0) is 12.8. The van der Waals surface area contributed by atoms with Crippen LogP contribution in [0.25, 0.3) is 0 Å². The Labute approximate surface area is 113 Å². The summed E-state index contributed by atoms with van der Waals surface area (Å²) in [7, 11) is 0. The van der Waals surface area contributed by atoms with Crippen molar-refractivity contribution >= 4 is 16.7 Å². The van der Waals surface area contributed by atoms with E-state index in [0.717, 1.165) is 36.0 Å². The maximum absolute atomic E-state index is 4.73. The third-order valence-electron chi connectivity index (χ3n) is 4.01. The highest BCUT2D eigenvalue weighted by Crippen LogP contribution is 2.31. The van der Waals surface area contributed by atoms with Crippen LogP contribution in [0.3, 0.4) is 0 Å². The zero-order valence-electron chi connectivity index (χ0n) is 11.4. The lowest BCUT2D eigenvalue weighted by Crippen LogP contribution is -2.44. The number of aromatic nitrogens is 2. The first-order chi connectivity index (χ1) is 8.54. The molecule has 0 radical (unpaired) electrons. The van der Waals surface area contributed by atoms with Crippen molar-refractivity contribution in [3.63, 3.8) is 0 Å². The lowest BCUT2D eigenvalue weighted by molar-refractivity contribution is 0.376. The number of nitrogens with one attached hydrogen (secondary N) is 1. The molecule has 1 aromatic heterocycles. The molecule has 2 aliphatic heterocycles. The number of hydrogen-bond donors (Lipinski definition) is 1. The Balaban J connectivity index is 1.73. The second-order valence-corrected chi connectivity index (χ2v) is 7.22. The van der Waals surface area contributed by atoms with Gasteiger partial charge >= 0.3 is 0 Å². The van der Waals surface area contributed by atoms with E-state index < -0.39 is 0 Å². The molecule has 3 rings (SSSR count). The lowest BCUT2D eigenvalue weighted by atomic mass is 9.94. The fraction of sp³-hybridized carbons (Fsp3) is 0.846. The average Bonchev–Trinajstić information content (AvgIpc) is 2.96. The van der Waals surface area contributed by atoms with Gasteiger partial charge in [-0.05, 0) is 25.3 Å². The lowest BCUT2D eigenvalue weighted by Gasteiger charge is -2.34. The molecule has 0 amide bonds. The van der Waals surface area contributed by atoms with E-state index in [0.29, 0.717) is 0 Å². The second-order valence-electron chi connectivity index (χ2n) is 6.49. The van der Waals surface area contributed by atoms with Crippen molar-refractivity contribution in [2.45, 2.75) is 45.1 Å². The molecule has 0 bridgehead atoms. The molecule has 0 spiro atoms. The smallest absolute Gasteiger partial charge is 0.205 e. The Morgan fingerprint density at radius 2 is 2.17 bits per heavy atom. The van der Waals surface area contributed by atoms with Gasteiger partial charge in [-0.15, -0.1) is 0 Å². The summed E-state index contributed by atoms with van der Waals surface area (Å²) in [5, 5.41) is 4.72. The molecule has 2 aliphatic rings. The molecular weight excluding hydrogens is 244 g/mol. The molecular formula is C13H22N4S. The van der Waals surface area contributed by atoms with Crippen LogP contribution < -0.4 is 10.2 Å². The summed E-state index contributed by atoms with van der Waals surface area (Å²) in [6, 6.07) is 0.747. The Morgan fingerprint density at radius 3 is 2.89 bits per heavy atom. The number of fused-ring (bicyclic) bond motifs is 1. The minimum Gasteiger partial charge on any atom is -0.346 e. The SMILES string of the molecule is CC(C)(C)c1nsc(N2CCC3NCCC3C2)n1. The van der Waals surface area contributed by atoms with Crippen LogP contribution in [-0.4, -0.2) is 35.0 Å². The highest BCUT2D eigenvalue weighted by molar-refractivity contribution is 7.09. The summed E-state index contributed by atoms with van der Waals surface area (Å²) >= 11 is 1.56. The molecule has 4 nitrogen and oxygen atoms in total. The van der Waals surface area contributed by atoms with Gasteiger partial charge in [-0.2, -0.15) is 4.37 Å². The molecule has 0 aromatic carbocycles. The van der Waals surface area contributed by atoms with E-state index in [4.69, 9.17) is 4.98 Å². The van der Waals surface area contributed by atoms with E-state index in [1.807, 2.05) is 0 Å². The molecule has 2 saturated heterocycles. The highest BCUT2D eigenvalue weighted by Gasteiger charge is 2.34.